The third-order valence-electron chi connectivity index (χ3n) is 3.50. The van der Waals surface area contributed by atoms with Crippen molar-refractivity contribution in [3.8, 4) is 17.0 Å². The molecule has 0 unspecified atom stereocenters. The number of hydrogen-bond donors (Lipinski definition) is 3. The van der Waals surface area contributed by atoms with Gasteiger partial charge in [-0.15, -0.1) is 0 Å². The summed E-state index contributed by atoms with van der Waals surface area (Å²) in [4.78, 5) is 8.19. The van der Waals surface area contributed by atoms with Crippen molar-refractivity contribution in [3.63, 3.8) is 0 Å². The van der Waals surface area contributed by atoms with Gasteiger partial charge in [-0.3, -0.25) is 0 Å². The molecule has 0 saturated carbocycles. The molecule has 114 valence electrons. The Kier molecular flexibility index (Phi) is 3.38. The molecule has 3 rings (SSSR count). The number of phenolic OH excluding ortho intramolecular Hbond substituents is 1. The molecule has 2 aromatic heterocycles. The lowest BCUT2D eigenvalue weighted by atomic mass is 10.1. The molecule has 0 aliphatic heterocycles. The Labute approximate surface area is 125 Å². The summed E-state index contributed by atoms with van der Waals surface area (Å²) in [5, 5.41) is 14.6. The van der Waals surface area contributed by atoms with E-state index in [2.05, 4.69) is 15.1 Å². The first kappa shape index (κ1) is 14.2. The molecule has 0 aliphatic rings. The van der Waals surface area contributed by atoms with E-state index in [-0.39, 0.29) is 11.9 Å². The summed E-state index contributed by atoms with van der Waals surface area (Å²) in [5.41, 5.74) is 13.2. The fourth-order valence-corrected chi connectivity index (χ4v) is 2.26. The minimum absolute atomic E-state index is 0.0976. The summed E-state index contributed by atoms with van der Waals surface area (Å²) >= 11 is 0. The molecule has 3 aromatic rings. The average Bonchev–Trinajstić information content (AvgIpc) is 2.90. The van der Waals surface area contributed by atoms with Crippen molar-refractivity contribution in [2.24, 2.45) is 5.73 Å². The van der Waals surface area contributed by atoms with Gasteiger partial charge in [-0.1, -0.05) is 0 Å². The minimum atomic E-state index is -0.702. The number of nitrogen functional groups attached to an aromatic ring is 1. The van der Waals surface area contributed by atoms with Crippen LogP contribution in [0.2, 0.25) is 0 Å². The second-order valence-electron chi connectivity index (χ2n) is 5.00. The molecule has 1 aromatic carbocycles. The normalized spacial score (nSPS) is 12.7. The molecular weight excluding hydrogens is 287 g/mol. The monoisotopic (exact) mass is 302 g/mol. The van der Waals surface area contributed by atoms with E-state index in [0.717, 1.165) is 0 Å². The van der Waals surface area contributed by atoms with Gasteiger partial charge in [-0.25, -0.2) is 19.0 Å². The standard InChI is InChI=1S/C14H15FN6O/c1-7(5-16)21-14-11(13(17)18-6-19-14)12(20-21)8-2-3-9(15)10(22)4-8/h2-4,6-7,22H,5,16H2,1H3,(H2,17,18,19)/t7-/m0/s1. The first-order valence-corrected chi connectivity index (χ1v) is 6.70. The number of rotatable bonds is 3. The van der Waals surface area contributed by atoms with Crippen LogP contribution in [0.5, 0.6) is 5.75 Å². The number of halogens is 1. The van der Waals surface area contributed by atoms with Crippen molar-refractivity contribution < 1.29 is 9.50 Å². The maximum Gasteiger partial charge on any atom is 0.164 e. The summed E-state index contributed by atoms with van der Waals surface area (Å²) in [6, 6.07) is 3.88. The van der Waals surface area contributed by atoms with Crippen LogP contribution in [0.1, 0.15) is 13.0 Å². The van der Waals surface area contributed by atoms with Crippen molar-refractivity contribution in [1.82, 2.24) is 19.7 Å². The van der Waals surface area contributed by atoms with E-state index in [0.29, 0.717) is 28.8 Å². The Morgan fingerprint density at radius 1 is 1.36 bits per heavy atom. The van der Waals surface area contributed by atoms with Crippen molar-refractivity contribution in [3.05, 3.63) is 30.3 Å². The average molecular weight is 302 g/mol. The number of phenols is 1. The zero-order valence-corrected chi connectivity index (χ0v) is 11.9. The summed E-state index contributed by atoms with van der Waals surface area (Å²) in [7, 11) is 0. The highest BCUT2D eigenvalue weighted by Gasteiger charge is 2.20. The Hall–Kier alpha value is -2.74. The largest absolute Gasteiger partial charge is 0.505 e. The quantitative estimate of drug-likeness (QED) is 0.674. The smallest absolute Gasteiger partial charge is 0.164 e. The molecular formula is C14H15FN6O. The van der Waals surface area contributed by atoms with Crippen LogP contribution in [0.3, 0.4) is 0 Å². The van der Waals surface area contributed by atoms with Gasteiger partial charge in [-0.05, 0) is 25.1 Å². The number of nitrogens with two attached hydrogens (primary N) is 2. The molecule has 2 heterocycles. The second kappa shape index (κ2) is 5.23. The van der Waals surface area contributed by atoms with Crippen LogP contribution in [0.25, 0.3) is 22.3 Å². The van der Waals surface area contributed by atoms with Crippen molar-refractivity contribution >= 4 is 16.9 Å². The van der Waals surface area contributed by atoms with E-state index in [4.69, 9.17) is 11.5 Å². The number of aromatic nitrogens is 4. The zero-order valence-electron chi connectivity index (χ0n) is 11.9. The number of fused-ring (bicyclic) bond motifs is 1. The highest BCUT2D eigenvalue weighted by atomic mass is 19.1. The van der Waals surface area contributed by atoms with Crippen LogP contribution < -0.4 is 11.5 Å². The first-order chi connectivity index (χ1) is 10.5. The third kappa shape index (κ3) is 2.13. The fraction of sp³-hybridized carbons (Fsp3) is 0.214. The SMILES string of the molecule is C[C@@H](CN)n1nc(-c2ccc(F)c(O)c2)c2c(N)ncnc21. The zero-order chi connectivity index (χ0) is 15.9. The molecule has 0 amide bonds. The predicted octanol–water partition coefficient (Wildman–Crippen LogP) is 1.44. The lowest BCUT2D eigenvalue weighted by molar-refractivity contribution is 0.432. The molecule has 0 radical (unpaired) electrons. The van der Waals surface area contributed by atoms with Gasteiger partial charge < -0.3 is 16.6 Å². The topological polar surface area (TPSA) is 116 Å². The molecule has 22 heavy (non-hydrogen) atoms. The van der Waals surface area contributed by atoms with E-state index in [9.17, 15) is 9.50 Å². The van der Waals surface area contributed by atoms with Gasteiger partial charge in [0.05, 0.1) is 11.4 Å². The van der Waals surface area contributed by atoms with Crippen LogP contribution in [-0.4, -0.2) is 31.4 Å². The van der Waals surface area contributed by atoms with E-state index in [1.165, 1.54) is 24.5 Å². The maximum atomic E-state index is 13.3. The van der Waals surface area contributed by atoms with Crippen LogP contribution in [0.4, 0.5) is 10.2 Å². The first-order valence-electron chi connectivity index (χ1n) is 6.70. The Morgan fingerprint density at radius 2 is 2.14 bits per heavy atom. The van der Waals surface area contributed by atoms with Crippen LogP contribution in [0, 0.1) is 5.82 Å². The summed E-state index contributed by atoms with van der Waals surface area (Å²) in [6.07, 6.45) is 1.35. The van der Waals surface area contributed by atoms with Crippen LogP contribution in [-0.2, 0) is 0 Å². The number of benzene rings is 1. The molecule has 7 nitrogen and oxygen atoms in total. The summed E-state index contributed by atoms with van der Waals surface area (Å²) < 4.78 is 14.9. The van der Waals surface area contributed by atoms with Crippen molar-refractivity contribution in [2.45, 2.75) is 13.0 Å². The highest BCUT2D eigenvalue weighted by Crippen LogP contribution is 2.33. The molecule has 1 atom stereocenters. The molecule has 5 N–H and O–H groups in total. The lowest BCUT2D eigenvalue weighted by Crippen LogP contribution is -2.17. The number of aromatic hydroxyl groups is 1. The third-order valence-corrected chi connectivity index (χ3v) is 3.50. The van der Waals surface area contributed by atoms with Gasteiger partial charge in [0.15, 0.2) is 17.2 Å². The number of hydrogen-bond acceptors (Lipinski definition) is 6. The minimum Gasteiger partial charge on any atom is -0.505 e. The van der Waals surface area contributed by atoms with Crippen molar-refractivity contribution in [1.29, 1.82) is 0 Å². The van der Waals surface area contributed by atoms with E-state index in [1.807, 2.05) is 6.92 Å². The Balaban J connectivity index is 2.31. The Bertz CT molecular complexity index is 847. The van der Waals surface area contributed by atoms with Gasteiger partial charge >= 0.3 is 0 Å². The molecule has 0 aliphatic carbocycles. The van der Waals surface area contributed by atoms with Gasteiger partial charge in [0.25, 0.3) is 0 Å². The number of anilines is 1. The summed E-state index contributed by atoms with van der Waals surface area (Å²) in [5.74, 6) is -0.895. The van der Waals surface area contributed by atoms with Crippen molar-refractivity contribution in [2.75, 3.05) is 12.3 Å². The van der Waals surface area contributed by atoms with E-state index in [1.54, 1.807) is 4.68 Å². The predicted molar refractivity (Wildman–Crippen MR) is 80.6 cm³/mol. The summed E-state index contributed by atoms with van der Waals surface area (Å²) in [6.45, 7) is 2.27. The van der Waals surface area contributed by atoms with Gasteiger partial charge in [0.2, 0.25) is 0 Å². The van der Waals surface area contributed by atoms with Crippen LogP contribution >= 0.6 is 0 Å². The molecule has 0 bridgehead atoms. The molecule has 0 spiro atoms. The lowest BCUT2D eigenvalue weighted by Gasteiger charge is -2.09. The molecule has 0 fully saturated rings. The second-order valence-corrected chi connectivity index (χ2v) is 5.00. The van der Waals surface area contributed by atoms with E-state index < -0.39 is 11.6 Å². The van der Waals surface area contributed by atoms with E-state index >= 15 is 0 Å². The van der Waals surface area contributed by atoms with Gasteiger partial charge in [-0.2, -0.15) is 5.10 Å². The maximum absolute atomic E-state index is 13.3. The molecule has 0 saturated heterocycles. The number of nitrogens with zero attached hydrogens (tertiary/aromatic N) is 4. The Morgan fingerprint density at radius 3 is 2.82 bits per heavy atom. The highest BCUT2D eigenvalue weighted by molar-refractivity contribution is 5.98. The van der Waals surface area contributed by atoms with Gasteiger partial charge in [0, 0.05) is 12.1 Å². The fourth-order valence-electron chi connectivity index (χ4n) is 2.26. The van der Waals surface area contributed by atoms with Gasteiger partial charge in [0.1, 0.15) is 17.8 Å². The molecule has 8 heteroatoms. The van der Waals surface area contributed by atoms with Crippen LogP contribution in [0.15, 0.2) is 24.5 Å².